The lowest BCUT2D eigenvalue weighted by atomic mass is 9.86. The van der Waals surface area contributed by atoms with Crippen LogP contribution < -0.4 is 11.1 Å². The van der Waals surface area contributed by atoms with Gasteiger partial charge in [0.25, 0.3) is 0 Å². The van der Waals surface area contributed by atoms with Gasteiger partial charge in [-0.05, 0) is 32.7 Å². The van der Waals surface area contributed by atoms with E-state index in [2.05, 4.69) is 5.32 Å². The van der Waals surface area contributed by atoms with Crippen LogP contribution in [0.1, 0.15) is 32.6 Å². The van der Waals surface area contributed by atoms with E-state index in [9.17, 15) is 4.79 Å². The van der Waals surface area contributed by atoms with Gasteiger partial charge in [-0.3, -0.25) is 0 Å². The van der Waals surface area contributed by atoms with Crippen LogP contribution in [0.2, 0.25) is 0 Å². The third-order valence-corrected chi connectivity index (χ3v) is 2.72. The maximum absolute atomic E-state index is 11.2. The van der Waals surface area contributed by atoms with Gasteiger partial charge >= 0.3 is 6.09 Å². The van der Waals surface area contributed by atoms with Crippen molar-refractivity contribution in [1.82, 2.24) is 5.32 Å². The highest BCUT2D eigenvalue weighted by Gasteiger charge is 2.26. The summed E-state index contributed by atoms with van der Waals surface area (Å²) in [6.07, 6.45) is 4.11. The number of nitrogens with two attached hydrogens (primary N) is 1. The molecule has 0 radical (unpaired) electrons. The van der Waals surface area contributed by atoms with Gasteiger partial charge in [-0.2, -0.15) is 0 Å². The molecule has 0 aromatic heterocycles. The average Bonchev–Trinajstić information content (AvgIpc) is 2.19. The summed E-state index contributed by atoms with van der Waals surface area (Å²) >= 11 is 0. The first-order valence-electron chi connectivity index (χ1n) is 5.42. The second-order valence-corrected chi connectivity index (χ2v) is 3.75. The smallest absolute Gasteiger partial charge is 0.407 e. The number of carbonyl (C=O) groups is 1. The van der Waals surface area contributed by atoms with Crippen molar-refractivity contribution in [2.24, 2.45) is 11.7 Å². The zero-order valence-electron chi connectivity index (χ0n) is 8.79. The van der Waals surface area contributed by atoms with Gasteiger partial charge in [0.2, 0.25) is 0 Å². The van der Waals surface area contributed by atoms with Gasteiger partial charge in [0.15, 0.2) is 0 Å². The molecule has 4 heteroatoms. The van der Waals surface area contributed by atoms with Crippen LogP contribution in [0.5, 0.6) is 0 Å². The number of nitrogens with one attached hydrogen (secondary N) is 1. The standard InChI is InChI=1S/C10H20N2O2/c1-2-12-10(13)14-9-6-4-3-5-8(9)7-11/h8-9H,2-7,11H2,1H3,(H,12,13). The minimum Gasteiger partial charge on any atom is -0.446 e. The number of rotatable bonds is 3. The molecule has 82 valence electrons. The molecule has 1 rings (SSSR count). The van der Waals surface area contributed by atoms with Crippen molar-refractivity contribution in [2.45, 2.75) is 38.7 Å². The quantitative estimate of drug-likeness (QED) is 0.720. The Morgan fingerprint density at radius 1 is 1.50 bits per heavy atom. The Labute approximate surface area is 85.2 Å². The van der Waals surface area contributed by atoms with Crippen molar-refractivity contribution in [2.75, 3.05) is 13.1 Å². The molecular weight excluding hydrogens is 180 g/mol. The van der Waals surface area contributed by atoms with E-state index in [-0.39, 0.29) is 12.2 Å². The van der Waals surface area contributed by atoms with E-state index in [1.54, 1.807) is 0 Å². The molecule has 0 aromatic rings. The lowest BCUT2D eigenvalue weighted by Gasteiger charge is -2.29. The Hall–Kier alpha value is -0.770. The topological polar surface area (TPSA) is 64.3 Å². The van der Waals surface area contributed by atoms with Gasteiger partial charge in [-0.25, -0.2) is 4.79 Å². The Balaban J connectivity index is 2.36. The second-order valence-electron chi connectivity index (χ2n) is 3.75. The highest BCUT2D eigenvalue weighted by atomic mass is 16.6. The summed E-state index contributed by atoms with van der Waals surface area (Å²) in [5.74, 6) is 0.353. The molecule has 2 atom stereocenters. The van der Waals surface area contributed by atoms with E-state index >= 15 is 0 Å². The molecule has 0 bridgehead atoms. The Morgan fingerprint density at radius 3 is 2.86 bits per heavy atom. The molecule has 0 saturated heterocycles. The van der Waals surface area contributed by atoms with Crippen molar-refractivity contribution in [1.29, 1.82) is 0 Å². The summed E-state index contributed by atoms with van der Waals surface area (Å²) in [5, 5.41) is 2.64. The Morgan fingerprint density at radius 2 is 2.21 bits per heavy atom. The second kappa shape index (κ2) is 5.86. The van der Waals surface area contributed by atoms with E-state index in [0.29, 0.717) is 19.0 Å². The molecule has 1 fully saturated rings. The molecule has 14 heavy (non-hydrogen) atoms. The van der Waals surface area contributed by atoms with Crippen LogP contribution in [-0.2, 0) is 4.74 Å². The number of carbonyl (C=O) groups excluding carboxylic acids is 1. The molecule has 1 aliphatic rings. The summed E-state index contributed by atoms with van der Waals surface area (Å²) in [6.45, 7) is 3.10. The minimum atomic E-state index is -0.308. The van der Waals surface area contributed by atoms with Crippen molar-refractivity contribution < 1.29 is 9.53 Å². The lowest BCUT2D eigenvalue weighted by Crippen LogP contribution is -2.37. The van der Waals surface area contributed by atoms with Crippen molar-refractivity contribution in [3.8, 4) is 0 Å². The van der Waals surface area contributed by atoms with Crippen molar-refractivity contribution >= 4 is 6.09 Å². The van der Waals surface area contributed by atoms with E-state index < -0.39 is 0 Å². The van der Waals surface area contributed by atoms with E-state index in [4.69, 9.17) is 10.5 Å². The Bertz CT molecular complexity index is 185. The first-order valence-corrected chi connectivity index (χ1v) is 5.42. The molecule has 0 heterocycles. The highest BCUT2D eigenvalue weighted by Crippen LogP contribution is 2.25. The molecule has 0 aromatic carbocycles. The molecular formula is C10H20N2O2. The SMILES string of the molecule is CCNC(=O)OC1CCCCC1CN. The lowest BCUT2D eigenvalue weighted by molar-refractivity contribution is 0.0406. The summed E-state index contributed by atoms with van der Waals surface area (Å²) in [6, 6.07) is 0. The summed E-state index contributed by atoms with van der Waals surface area (Å²) < 4.78 is 5.31. The van der Waals surface area contributed by atoms with Crippen LogP contribution in [0, 0.1) is 5.92 Å². The van der Waals surface area contributed by atoms with Gasteiger partial charge < -0.3 is 15.8 Å². The van der Waals surface area contributed by atoms with Gasteiger partial charge in [-0.1, -0.05) is 6.42 Å². The zero-order valence-corrected chi connectivity index (χ0v) is 8.79. The van der Waals surface area contributed by atoms with Crippen LogP contribution >= 0.6 is 0 Å². The number of alkyl carbamates (subject to hydrolysis) is 1. The zero-order chi connectivity index (χ0) is 10.4. The van der Waals surface area contributed by atoms with E-state index in [0.717, 1.165) is 19.3 Å². The fourth-order valence-corrected chi connectivity index (χ4v) is 1.92. The molecule has 1 aliphatic carbocycles. The van der Waals surface area contributed by atoms with Crippen LogP contribution in [0.4, 0.5) is 4.79 Å². The largest absolute Gasteiger partial charge is 0.446 e. The third kappa shape index (κ3) is 3.18. The number of hydrogen-bond acceptors (Lipinski definition) is 3. The van der Waals surface area contributed by atoms with Crippen LogP contribution in [0.25, 0.3) is 0 Å². The van der Waals surface area contributed by atoms with E-state index in [1.807, 2.05) is 6.92 Å². The molecule has 2 unspecified atom stereocenters. The monoisotopic (exact) mass is 200 g/mol. The minimum absolute atomic E-state index is 0.0281. The number of hydrogen-bond donors (Lipinski definition) is 2. The summed E-state index contributed by atoms with van der Waals surface area (Å²) in [7, 11) is 0. The van der Waals surface area contributed by atoms with Crippen molar-refractivity contribution in [3.05, 3.63) is 0 Å². The fraction of sp³-hybridized carbons (Fsp3) is 0.900. The molecule has 3 N–H and O–H groups in total. The predicted octanol–water partition coefficient (Wildman–Crippen LogP) is 1.25. The highest BCUT2D eigenvalue weighted by molar-refractivity contribution is 5.67. The normalized spacial score (nSPS) is 27.0. The maximum Gasteiger partial charge on any atom is 0.407 e. The van der Waals surface area contributed by atoms with Gasteiger partial charge in [0.1, 0.15) is 6.10 Å². The van der Waals surface area contributed by atoms with Crippen LogP contribution in [-0.4, -0.2) is 25.3 Å². The van der Waals surface area contributed by atoms with Crippen LogP contribution in [0.15, 0.2) is 0 Å². The fourth-order valence-electron chi connectivity index (χ4n) is 1.92. The Kier molecular flexibility index (Phi) is 4.73. The van der Waals surface area contributed by atoms with Gasteiger partial charge in [0.05, 0.1) is 0 Å². The van der Waals surface area contributed by atoms with Gasteiger partial charge in [-0.15, -0.1) is 0 Å². The van der Waals surface area contributed by atoms with Crippen molar-refractivity contribution in [3.63, 3.8) is 0 Å². The summed E-state index contributed by atoms with van der Waals surface area (Å²) in [5.41, 5.74) is 5.63. The molecule has 1 saturated carbocycles. The molecule has 0 spiro atoms. The molecule has 1 amide bonds. The molecule has 4 nitrogen and oxygen atoms in total. The van der Waals surface area contributed by atoms with E-state index in [1.165, 1.54) is 6.42 Å². The first-order chi connectivity index (χ1) is 6.77. The third-order valence-electron chi connectivity index (χ3n) is 2.72. The van der Waals surface area contributed by atoms with Gasteiger partial charge in [0, 0.05) is 12.5 Å². The predicted molar refractivity (Wildman–Crippen MR) is 55.0 cm³/mol. The summed E-state index contributed by atoms with van der Waals surface area (Å²) in [4.78, 5) is 11.2. The molecule has 0 aliphatic heterocycles. The maximum atomic E-state index is 11.2. The number of ether oxygens (including phenoxy) is 1. The number of amides is 1. The first kappa shape index (κ1) is 11.3. The average molecular weight is 200 g/mol. The van der Waals surface area contributed by atoms with Crippen LogP contribution in [0.3, 0.4) is 0 Å².